The summed E-state index contributed by atoms with van der Waals surface area (Å²) in [7, 11) is 0. The topological polar surface area (TPSA) is 48.9 Å². The van der Waals surface area contributed by atoms with Crippen LogP contribution in [0.15, 0.2) is 16.7 Å². The number of hydrogen-bond acceptors (Lipinski definition) is 4. The second-order valence-electron chi connectivity index (χ2n) is 6.24. The quantitative estimate of drug-likeness (QED) is 0.678. The van der Waals surface area contributed by atoms with E-state index in [0.717, 1.165) is 18.7 Å². The van der Waals surface area contributed by atoms with E-state index in [1.54, 1.807) is 9.80 Å². The Labute approximate surface area is 158 Å². The minimum absolute atomic E-state index is 0.00501. The van der Waals surface area contributed by atoms with Gasteiger partial charge < -0.3 is 19.4 Å². The molecule has 0 spiro atoms. The molecular formula is C16H20BrF3N4O2. The van der Waals surface area contributed by atoms with Crippen LogP contribution in [-0.2, 0) is 10.9 Å². The first kappa shape index (κ1) is 19.2. The van der Waals surface area contributed by atoms with Crippen molar-refractivity contribution < 1.29 is 22.7 Å². The molecule has 2 aliphatic rings. The molecule has 10 heteroatoms. The van der Waals surface area contributed by atoms with Crippen molar-refractivity contribution in [3.8, 4) is 0 Å². The predicted octanol–water partition coefficient (Wildman–Crippen LogP) is 2.83. The Morgan fingerprint density at radius 3 is 2.42 bits per heavy atom. The molecule has 2 amide bonds. The average Bonchev–Trinajstić information content (AvgIpc) is 2.87. The van der Waals surface area contributed by atoms with Gasteiger partial charge in [-0.1, -0.05) is 0 Å². The van der Waals surface area contributed by atoms with Crippen LogP contribution in [0.25, 0.3) is 0 Å². The first-order chi connectivity index (χ1) is 12.4. The van der Waals surface area contributed by atoms with Crippen LogP contribution in [-0.4, -0.2) is 73.3 Å². The van der Waals surface area contributed by atoms with Crippen LogP contribution in [0.1, 0.15) is 12.0 Å². The van der Waals surface area contributed by atoms with Gasteiger partial charge in [-0.05, 0) is 28.4 Å². The summed E-state index contributed by atoms with van der Waals surface area (Å²) in [5.74, 6) is 0.471. The lowest BCUT2D eigenvalue weighted by Crippen LogP contribution is -2.49. The molecule has 2 saturated heterocycles. The van der Waals surface area contributed by atoms with Crippen LogP contribution in [0.3, 0.4) is 0 Å². The van der Waals surface area contributed by atoms with Crippen LogP contribution < -0.4 is 4.90 Å². The molecule has 0 bridgehead atoms. The lowest BCUT2D eigenvalue weighted by Gasteiger charge is -2.32. The highest BCUT2D eigenvalue weighted by Gasteiger charge is 2.32. The third-order valence-electron chi connectivity index (χ3n) is 4.50. The number of urea groups is 1. The van der Waals surface area contributed by atoms with Gasteiger partial charge in [0.05, 0.1) is 23.2 Å². The van der Waals surface area contributed by atoms with Gasteiger partial charge in [0.25, 0.3) is 0 Å². The molecule has 0 radical (unpaired) electrons. The molecule has 0 aliphatic carbocycles. The largest absolute Gasteiger partial charge is 0.417 e. The molecule has 144 valence electrons. The number of ether oxygens (including phenoxy) is 1. The number of carbonyl (C=O) groups excluding carboxylic acids is 1. The zero-order valence-electron chi connectivity index (χ0n) is 14.1. The summed E-state index contributed by atoms with van der Waals surface area (Å²) in [6.45, 7) is 4.55. The molecule has 0 unspecified atom stereocenters. The number of aromatic nitrogens is 1. The van der Waals surface area contributed by atoms with Gasteiger partial charge in [0.2, 0.25) is 0 Å². The Bertz CT molecular complexity index is 653. The summed E-state index contributed by atoms with van der Waals surface area (Å²) in [6, 6.07) is 1.04. The molecule has 0 saturated carbocycles. The van der Waals surface area contributed by atoms with Crippen molar-refractivity contribution in [3.05, 3.63) is 22.3 Å². The van der Waals surface area contributed by atoms with Gasteiger partial charge in [0.15, 0.2) is 0 Å². The molecule has 3 rings (SSSR count). The van der Waals surface area contributed by atoms with Crippen LogP contribution in [0.2, 0.25) is 0 Å². The van der Waals surface area contributed by atoms with E-state index in [9.17, 15) is 18.0 Å². The number of rotatable bonds is 1. The van der Waals surface area contributed by atoms with Crippen LogP contribution in [0.4, 0.5) is 23.8 Å². The molecule has 2 fully saturated rings. The van der Waals surface area contributed by atoms with E-state index in [2.05, 4.69) is 20.9 Å². The second kappa shape index (κ2) is 7.99. The van der Waals surface area contributed by atoms with Gasteiger partial charge in [-0.3, -0.25) is 0 Å². The first-order valence-electron chi connectivity index (χ1n) is 8.45. The van der Waals surface area contributed by atoms with Crippen LogP contribution in [0, 0.1) is 0 Å². The lowest BCUT2D eigenvalue weighted by atomic mass is 10.2. The van der Waals surface area contributed by atoms with Gasteiger partial charge in [-0.25, -0.2) is 9.78 Å². The number of halogens is 4. The number of nitrogens with zero attached hydrogens (tertiary/aromatic N) is 4. The van der Waals surface area contributed by atoms with Crippen molar-refractivity contribution in [2.24, 2.45) is 0 Å². The van der Waals surface area contributed by atoms with Crippen molar-refractivity contribution in [1.82, 2.24) is 14.8 Å². The zero-order valence-corrected chi connectivity index (χ0v) is 15.7. The molecule has 6 nitrogen and oxygen atoms in total. The first-order valence-corrected chi connectivity index (χ1v) is 9.25. The van der Waals surface area contributed by atoms with Crippen molar-refractivity contribution in [3.63, 3.8) is 0 Å². The maximum Gasteiger partial charge on any atom is 0.417 e. The Kier molecular flexibility index (Phi) is 5.91. The predicted molar refractivity (Wildman–Crippen MR) is 93.1 cm³/mol. The summed E-state index contributed by atoms with van der Waals surface area (Å²) >= 11 is 3.20. The lowest BCUT2D eigenvalue weighted by molar-refractivity contribution is -0.137. The van der Waals surface area contributed by atoms with Crippen LogP contribution >= 0.6 is 15.9 Å². The van der Waals surface area contributed by atoms with Crippen molar-refractivity contribution >= 4 is 27.8 Å². The zero-order chi connectivity index (χ0) is 18.7. The van der Waals surface area contributed by atoms with Gasteiger partial charge in [0, 0.05) is 45.5 Å². The van der Waals surface area contributed by atoms with E-state index in [1.807, 2.05) is 4.90 Å². The standard InChI is InChI=1S/C16H20BrF3N4O2/c17-13-10-12(16(18,19)20)11-21-14(13)22-2-1-3-23(5-4-22)15(25)24-6-8-26-9-7-24/h10-11H,1-9H2. The normalized spacial score (nSPS) is 19.5. The number of hydrogen-bond donors (Lipinski definition) is 0. The Morgan fingerprint density at radius 2 is 1.77 bits per heavy atom. The average molecular weight is 437 g/mol. The van der Waals surface area contributed by atoms with E-state index in [1.165, 1.54) is 0 Å². The maximum atomic E-state index is 12.8. The Balaban J connectivity index is 1.66. The van der Waals surface area contributed by atoms with Crippen molar-refractivity contribution in [2.75, 3.05) is 57.4 Å². The monoisotopic (exact) mass is 436 g/mol. The van der Waals surface area contributed by atoms with Crippen molar-refractivity contribution in [2.45, 2.75) is 12.6 Å². The fourth-order valence-electron chi connectivity index (χ4n) is 3.09. The third kappa shape index (κ3) is 4.40. The number of alkyl halides is 3. The fourth-order valence-corrected chi connectivity index (χ4v) is 3.69. The van der Waals surface area contributed by atoms with Gasteiger partial charge in [0.1, 0.15) is 5.82 Å². The highest BCUT2D eigenvalue weighted by molar-refractivity contribution is 9.10. The number of morpholine rings is 1. The molecule has 0 atom stereocenters. The van der Waals surface area contributed by atoms with E-state index in [-0.39, 0.29) is 6.03 Å². The number of anilines is 1. The molecular weight excluding hydrogens is 417 g/mol. The third-order valence-corrected chi connectivity index (χ3v) is 5.08. The Hall–Kier alpha value is -1.55. The highest BCUT2D eigenvalue weighted by atomic mass is 79.9. The summed E-state index contributed by atoms with van der Waals surface area (Å²) in [6.07, 6.45) is -2.85. The maximum absolute atomic E-state index is 12.8. The summed E-state index contributed by atoms with van der Waals surface area (Å²) in [5.41, 5.74) is -0.785. The van der Waals surface area contributed by atoms with Crippen molar-refractivity contribution in [1.29, 1.82) is 0 Å². The van der Waals surface area contributed by atoms with E-state index in [4.69, 9.17) is 4.74 Å². The second-order valence-corrected chi connectivity index (χ2v) is 7.09. The van der Waals surface area contributed by atoms with Gasteiger partial charge >= 0.3 is 12.2 Å². The van der Waals surface area contributed by atoms with Crippen LogP contribution in [0.5, 0.6) is 0 Å². The van der Waals surface area contributed by atoms with E-state index >= 15 is 0 Å². The Morgan fingerprint density at radius 1 is 1.08 bits per heavy atom. The summed E-state index contributed by atoms with van der Waals surface area (Å²) in [4.78, 5) is 22.1. The molecule has 26 heavy (non-hydrogen) atoms. The van der Waals surface area contributed by atoms with E-state index < -0.39 is 11.7 Å². The minimum atomic E-state index is -4.42. The number of amides is 2. The molecule has 3 heterocycles. The molecule has 1 aromatic heterocycles. The molecule has 0 N–H and O–H groups in total. The van der Waals surface area contributed by atoms with Gasteiger partial charge in [-0.15, -0.1) is 0 Å². The molecule has 1 aromatic rings. The molecule has 2 aliphatic heterocycles. The van der Waals surface area contributed by atoms with E-state index in [0.29, 0.717) is 62.8 Å². The fraction of sp³-hybridized carbons (Fsp3) is 0.625. The summed E-state index contributed by atoms with van der Waals surface area (Å²) < 4.78 is 43.9. The number of pyridine rings is 1. The highest BCUT2D eigenvalue weighted by Crippen LogP contribution is 2.33. The number of carbonyl (C=O) groups is 1. The minimum Gasteiger partial charge on any atom is -0.378 e. The molecule has 0 aromatic carbocycles. The smallest absolute Gasteiger partial charge is 0.378 e. The van der Waals surface area contributed by atoms with Gasteiger partial charge in [-0.2, -0.15) is 13.2 Å². The summed E-state index contributed by atoms with van der Waals surface area (Å²) in [5, 5.41) is 0. The SMILES string of the molecule is O=C(N1CCOCC1)N1CCCN(c2ncc(C(F)(F)F)cc2Br)CC1.